The summed E-state index contributed by atoms with van der Waals surface area (Å²) < 4.78 is 1.65. The number of hydrogen-bond acceptors (Lipinski definition) is 2. The summed E-state index contributed by atoms with van der Waals surface area (Å²) >= 11 is 6.74. The molecule has 1 amide bonds. The molecule has 0 atom stereocenters. The molecule has 0 aromatic heterocycles. The van der Waals surface area contributed by atoms with Gasteiger partial charge in [0.2, 0.25) is 0 Å². The van der Waals surface area contributed by atoms with E-state index >= 15 is 0 Å². The maximum absolute atomic E-state index is 12.2. The molecule has 0 heterocycles. The monoisotopic (exact) mass is 396 g/mol. The molecule has 3 N–H and O–H groups in total. The lowest BCUT2D eigenvalue weighted by molar-refractivity contribution is 0.102. The van der Waals surface area contributed by atoms with Gasteiger partial charge in [-0.1, -0.05) is 28.9 Å². The standard InChI is InChI=1S/C15H14Br2N2O/c1-2-9-3-5-11(8-14(9)18)19-15(20)12-6-4-10(16)7-13(12)17/h3-8H,2,18H2,1H3,(H,19,20). The number of carbonyl (C=O) groups excluding carboxylic acids is 1. The van der Waals surface area contributed by atoms with Crippen molar-refractivity contribution < 1.29 is 4.79 Å². The molecule has 20 heavy (non-hydrogen) atoms. The summed E-state index contributed by atoms with van der Waals surface area (Å²) in [4.78, 5) is 12.2. The first-order chi connectivity index (χ1) is 9.51. The van der Waals surface area contributed by atoms with Gasteiger partial charge in [-0.3, -0.25) is 4.79 Å². The number of nitrogens with one attached hydrogen (secondary N) is 1. The number of amides is 1. The highest BCUT2D eigenvalue weighted by Crippen LogP contribution is 2.24. The number of aryl methyl sites for hydroxylation is 1. The Hall–Kier alpha value is -1.33. The van der Waals surface area contributed by atoms with Gasteiger partial charge in [0.15, 0.2) is 0 Å². The largest absolute Gasteiger partial charge is 0.398 e. The average molecular weight is 398 g/mol. The van der Waals surface area contributed by atoms with Gasteiger partial charge in [-0.15, -0.1) is 0 Å². The van der Waals surface area contributed by atoms with E-state index in [1.54, 1.807) is 12.1 Å². The summed E-state index contributed by atoms with van der Waals surface area (Å²) in [5, 5.41) is 2.85. The summed E-state index contributed by atoms with van der Waals surface area (Å²) in [7, 11) is 0. The molecule has 0 fully saturated rings. The van der Waals surface area contributed by atoms with Gasteiger partial charge in [0.05, 0.1) is 5.56 Å². The predicted octanol–water partition coefficient (Wildman–Crippen LogP) is 4.61. The Labute approximate surface area is 134 Å². The van der Waals surface area contributed by atoms with E-state index in [2.05, 4.69) is 37.2 Å². The second-order valence-electron chi connectivity index (χ2n) is 4.35. The van der Waals surface area contributed by atoms with Crippen LogP contribution in [0.3, 0.4) is 0 Å². The van der Waals surface area contributed by atoms with Crippen molar-refractivity contribution in [3.63, 3.8) is 0 Å². The van der Waals surface area contributed by atoms with Crippen molar-refractivity contribution in [2.75, 3.05) is 11.1 Å². The van der Waals surface area contributed by atoms with Crippen LogP contribution in [0, 0.1) is 0 Å². The Balaban J connectivity index is 2.21. The molecular formula is C15H14Br2N2O. The minimum absolute atomic E-state index is 0.173. The molecule has 5 heteroatoms. The lowest BCUT2D eigenvalue weighted by atomic mass is 10.1. The maximum atomic E-state index is 12.2. The van der Waals surface area contributed by atoms with Crippen molar-refractivity contribution in [1.29, 1.82) is 0 Å². The van der Waals surface area contributed by atoms with Crippen LogP contribution in [-0.4, -0.2) is 5.91 Å². The highest BCUT2D eigenvalue weighted by Gasteiger charge is 2.11. The molecule has 3 nitrogen and oxygen atoms in total. The first-order valence-corrected chi connectivity index (χ1v) is 7.74. The van der Waals surface area contributed by atoms with Crippen molar-refractivity contribution in [1.82, 2.24) is 0 Å². The highest BCUT2D eigenvalue weighted by molar-refractivity contribution is 9.11. The summed E-state index contributed by atoms with van der Waals surface area (Å²) in [6.07, 6.45) is 0.873. The van der Waals surface area contributed by atoms with E-state index in [0.29, 0.717) is 16.9 Å². The van der Waals surface area contributed by atoms with Crippen molar-refractivity contribution in [2.45, 2.75) is 13.3 Å². The molecule has 0 aliphatic heterocycles. The molecule has 0 unspecified atom stereocenters. The third-order valence-corrected chi connectivity index (χ3v) is 4.11. The van der Waals surface area contributed by atoms with Crippen LogP contribution < -0.4 is 11.1 Å². The topological polar surface area (TPSA) is 55.1 Å². The van der Waals surface area contributed by atoms with E-state index in [1.165, 1.54) is 0 Å². The number of benzene rings is 2. The lowest BCUT2D eigenvalue weighted by Crippen LogP contribution is -2.13. The van der Waals surface area contributed by atoms with E-state index in [0.717, 1.165) is 20.9 Å². The zero-order valence-electron chi connectivity index (χ0n) is 10.9. The Kier molecular flexibility index (Phi) is 4.83. The van der Waals surface area contributed by atoms with E-state index in [4.69, 9.17) is 5.73 Å². The number of rotatable bonds is 3. The fourth-order valence-corrected chi connectivity index (χ4v) is 3.09. The van der Waals surface area contributed by atoms with Crippen molar-refractivity contribution in [3.05, 3.63) is 56.5 Å². The zero-order chi connectivity index (χ0) is 14.7. The first-order valence-electron chi connectivity index (χ1n) is 6.16. The molecule has 0 aliphatic carbocycles. The Morgan fingerprint density at radius 2 is 1.95 bits per heavy atom. The average Bonchev–Trinajstić information content (AvgIpc) is 2.38. The minimum atomic E-state index is -0.173. The number of nitrogens with two attached hydrogens (primary N) is 1. The molecule has 0 spiro atoms. The van der Waals surface area contributed by atoms with Gasteiger partial charge in [-0.25, -0.2) is 0 Å². The quantitative estimate of drug-likeness (QED) is 0.743. The SMILES string of the molecule is CCc1ccc(NC(=O)c2ccc(Br)cc2Br)cc1N. The van der Waals surface area contributed by atoms with Crippen LogP contribution in [0.15, 0.2) is 45.3 Å². The summed E-state index contributed by atoms with van der Waals surface area (Å²) in [5.74, 6) is -0.173. The van der Waals surface area contributed by atoms with Crippen LogP contribution in [0.5, 0.6) is 0 Å². The van der Waals surface area contributed by atoms with Crippen LogP contribution in [0.2, 0.25) is 0 Å². The number of hydrogen-bond donors (Lipinski definition) is 2. The van der Waals surface area contributed by atoms with E-state index in [1.807, 2.05) is 31.2 Å². The van der Waals surface area contributed by atoms with Crippen LogP contribution in [-0.2, 0) is 6.42 Å². The van der Waals surface area contributed by atoms with Crippen LogP contribution in [0.1, 0.15) is 22.8 Å². The van der Waals surface area contributed by atoms with Gasteiger partial charge in [0.25, 0.3) is 5.91 Å². The van der Waals surface area contributed by atoms with E-state index in [-0.39, 0.29) is 5.91 Å². The zero-order valence-corrected chi connectivity index (χ0v) is 14.1. The van der Waals surface area contributed by atoms with Gasteiger partial charge in [-0.2, -0.15) is 0 Å². The summed E-state index contributed by atoms with van der Waals surface area (Å²) in [6.45, 7) is 2.04. The highest BCUT2D eigenvalue weighted by atomic mass is 79.9. The molecule has 0 saturated heterocycles. The Morgan fingerprint density at radius 3 is 2.55 bits per heavy atom. The van der Waals surface area contributed by atoms with Gasteiger partial charge in [-0.05, 0) is 58.2 Å². The third-order valence-electron chi connectivity index (χ3n) is 2.96. The number of anilines is 2. The fourth-order valence-electron chi connectivity index (χ4n) is 1.87. The normalized spacial score (nSPS) is 10.3. The van der Waals surface area contributed by atoms with Crippen molar-refractivity contribution >= 4 is 49.1 Å². The summed E-state index contributed by atoms with van der Waals surface area (Å²) in [5.41, 5.74) is 8.97. The van der Waals surface area contributed by atoms with Gasteiger partial charge >= 0.3 is 0 Å². The van der Waals surface area contributed by atoms with Crippen LogP contribution in [0.25, 0.3) is 0 Å². The number of carbonyl (C=O) groups is 1. The van der Waals surface area contributed by atoms with Gasteiger partial charge in [0.1, 0.15) is 0 Å². The Morgan fingerprint density at radius 1 is 1.20 bits per heavy atom. The molecule has 0 bridgehead atoms. The molecular weight excluding hydrogens is 384 g/mol. The number of nitrogen functional groups attached to an aromatic ring is 1. The fraction of sp³-hybridized carbons (Fsp3) is 0.133. The molecule has 0 radical (unpaired) electrons. The Bertz CT molecular complexity index is 656. The van der Waals surface area contributed by atoms with E-state index < -0.39 is 0 Å². The van der Waals surface area contributed by atoms with E-state index in [9.17, 15) is 4.79 Å². The van der Waals surface area contributed by atoms with Gasteiger partial charge < -0.3 is 11.1 Å². The maximum Gasteiger partial charge on any atom is 0.256 e. The second-order valence-corrected chi connectivity index (χ2v) is 6.12. The number of halogens is 2. The van der Waals surface area contributed by atoms with Crippen LogP contribution in [0.4, 0.5) is 11.4 Å². The molecule has 2 aromatic rings. The molecule has 2 aromatic carbocycles. The first kappa shape index (κ1) is 15.1. The smallest absolute Gasteiger partial charge is 0.256 e. The lowest BCUT2D eigenvalue weighted by Gasteiger charge is -2.09. The third kappa shape index (κ3) is 3.41. The van der Waals surface area contributed by atoms with Crippen molar-refractivity contribution in [2.24, 2.45) is 0 Å². The summed E-state index contributed by atoms with van der Waals surface area (Å²) in [6, 6.07) is 11.0. The van der Waals surface area contributed by atoms with Crippen LogP contribution >= 0.6 is 31.9 Å². The predicted molar refractivity (Wildman–Crippen MR) is 90.0 cm³/mol. The molecule has 104 valence electrons. The minimum Gasteiger partial charge on any atom is -0.398 e. The molecule has 2 rings (SSSR count). The molecule has 0 saturated carbocycles. The second kappa shape index (κ2) is 6.41. The molecule has 0 aliphatic rings. The van der Waals surface area contributed by atoms with Crippen molar-refractivity contribution in [3.8, 4) is 0 Å². The van der Waals surface area contributed by atoms with Gasteiger partial charge in [0, 0.05) is 20.3 Å².